The zero-order valence-electron chi connectivity index (χ0n) is 13.6. The van der Waals surface area contributed by atoms with Crippen LogP contribution >= 0.6 is 11.8 Å². The first-order chi connectivity index (χ1) is 10.9. The molecule has 0 aliphatic heterocycles. The van der Waals surface area contributed by atoms with Gasteiger partial charge in [0.2, 0.25) is 11.8 Å². The third kappa shape index (κ3) is 7.68. The van der Waals surface area contributed by atoms with E-state index in [-0.39, 0.29) is 30.9 Å². The zero-order valence-corrected chi connectivity index (χ0v) is 14.4. The normalized spacial score (nSPS) is 10.4. The highest BCUT2D eigenvalue weighted by Crippen LogP contribution is 2.26. The van der Waals surface area contributed by atoms with Gasteiger partial charge in [0.1, 0.15) is 0 Å². The number of benzene rings is 1. The van der Waals surface area contributed by atoms with E-state index < -0.39 is 0 Å². The van der Waals surface area contributed by atoms with Crippen LogP contribution in [0.1, 0.15) is 13.8 Å². The van der Waals surface area contributed by atoms with Gasteiger partial charge in [0.25, 0.3) is 0 Å². The van der Waals surface area contributed by atoms with Crippen molar-refractivity contribution in [3.63, 3.8) is 0 Å². The van der Waals surface area contributed by atoms with Gasteiger partial charge in [-0.15, -0.1) is 11.8 Å². The summed E-state index contributed by atoms with van der Waals surface area (Å²) >= 11 is 1.37. The van der Waals surface area contributed by atoms with Crippen molar-refractivity contribution >= 4 is 29.3 Å². The fourth-order valence-electron chi connectivity index (χ4n) is 1.91. The number of rotatable bonds is 8. The molecule has 0 fully saturated rings. The minimum Gasteiger partial charge on any atom is -0.353 e. The molecule has 23 heavy (non-hydrogen) atoms. The van der Waals surface area contributed by atoms with Crippen LogP contribution in [0.3, 0.4) is 0 Å². The first-order valence-corrected chi connectivity index (χ1v) is 8.27. The average Bonchev–Trinajstić information content (AvgIpc) is 2.44. The van der Waals surface area contributed by atoms with Gasteiger partial charge in [-0.1, -0.05) is 12.1 Å². The Morgan fingerprint density at radius 3 is 2.57 bits per heavy atom. The number of carbonyl (C=O) groups is 2. The Balaban J connectivity index is 2.53. The summed E-state index contributed by atoms with van der Waals surface area (Å²) in [5.74, 6) is 0.0115. The van der Waals surface area contributed by atoms with Gasteiger partial charge < -0.3 is 10.6 Å². The van der Waals surface area contributed by atoms with E-state index in [0.29, 0.717) is 11.4 Å². The van der Waals surface area contributed by atoms with Crippen LogP contribution in [0, 0.1) is 11.3 Å². The lowest BCUT2D eigenvalue weighted by Gasteiger charge is -2.17. The number of nitrogens with zero attached hydrogens (tertiary/aromatic N) is 2. The van der Waals surface area contributed by atoms with E-state index in [1.54, 1.807) is 18.0 Å². The highest BCUT2D eigenvalue weighted by Gasteiger charge is 2.12. The molecular formula is C16H22N4O2S. The number of amides is 2. The van der Waals surface area contributed by atoms with Crippen molar-refractivity contribution in [1.82, 2.24) is 10.2 Å². The van der Waals surface area contributed by atoms with Crippen LogP contribution in [0.4, 0.5) is 5.69 Å². The second-order valence-corrected chi connectivity index (χ2v) is 6.40. The van der Waals surface area contributed by atoms with E-state index in [4.69, 9.17) is 5.26 Å². The van der Waals surface area contributed by atoms with Crippen LogP contribution in [0.5, 0.6) is 0 Å². The summed E-state index contributed by atoms with van der Waals surface area (Å²) in [4.78, 5) is 26.3. The van der Waals surface area contributed by atoms with E-state index in [1.165, 1.54) is 11.8 Å². The van der Waals surface area contributed by atoms with E-state index in [9.17, 15) is 9.59 Å². The Labute approximate surface area is 141 Å². The lowest BCUT2D eigenvalue weighted by atomic mass is 10.3. The molecule has 0 bridgehead atoms. The number of nitriles is 1. The Kier molecular flexibility index (Phi) is 8.16. The average molecular weight is 334 g/mol. The topological polar surface area (TPSA) is 85.2 Å². The van der Waals surface area contributed by atoms with E-state index in [1.807, 2.05) is 32.0 Å². The standard InChI is InChI=1S/C16H22N4O2S/c1-12(2)18-15(21)10-20(3)11-16(22)19-13-6-4-5-7-14(13)23-9-8-17/h4-7,12H,9-11H2,1-3H3,(H,18,21)(H,19,22). The second kappa shape index (κ2) is 9.87. The summed E-state index contributed by atoms with van der Waals surface area (Å²) in [6.45, 7) is 4.06. The molecule has 0 unspecified atom stereocenters. The van der Waals surface area contributed by atoms with E-state index in [0.717, 1.165) is 4.90 Å². The molecule has 0 heterocycles. The number of thioether (sulfide) groups is 1. The largest absolute Gasteiger partial charge is 0.353 e. The zero-order chi connectivity index (χ0) is 17.2. The Morgan fingerprint density at radius 1 is 1.26 bits per heavy atom. The van der Waals surface area contributed by atoms with Gasteiger partial charge in [-0.05, 0) is 33.0 Å². The summed E-state index contributed by atoms with van der Waals surface area (Å²) in [5, 5.41) is 14.3. The van der Waals surface area contributed by atoms with Crippen molar-refractivity contribution in [2.75, 3.05) is 31.2 Å². The molecule has 7 heteroatoms. The molecule has 6 nitrogen and oxygen atoms in total. The molecule has 0 spiro atoms. The third-order valence-electron chi connectivity index (χ3n) is 2.73. The minimum absolute atomic E-state index is 0.0776. The smallest absolute Gasteiger partial charge is 0.238 e. The Hall–Kier alpha value is -2.04. The quantitative estimate of drug-likeness (QED) is 0.707. The maximum absolute atomic E-state index is 12.1. The summed E-state index contributed by atoms with van der Waals surface area (Å²) in [6.07, 6.45) is 0. The van der Waals surface area contributed by atoms with E-state index in [2.05, 4.69) is 16.7 Å². The van der Waals surface area contributed by atoms with Crippen LogP contribution in [-0.2, 0) is 9.59 Å². The van der Waals surface area contributed by atoms with Gasteiger partial charge in [-0.2, -0.15) is 5.26 Å². The molecule has 0 saturated heterocycles. The second-order valence-electron chi connectivity index (χ2n) is 5.39. The number of likely N-dealkylation sites (N-methyl/N-ethyl adjacent to an activating group) is 1. The highest BCUT2D eigenvalue weighted by atomic mass is 32.2. The molecule has 0 aromatic heterocycles. The number of anilines is 1. The molecule has 0 radical (unpaired) electrons. The molecular weight excluding hydrogens is 312 g/mol. The maximum atomic E-state index is 12.1. The van der Waals surface area contributed by atoms with Crippen LogP contribution in [-0.4, -0.2) is 48.6 Å². The van der Waals surface area contributed by atoms with Gasteiger partial charge in [0.15, 0.2) is 0 Å². The van der Waals surface area contributed by atoms with Crippen molar-refractivity contribution in [2.45, 2.75) is 24.8 Å². The minimum atomic E-state index is -0.199. The van der Waals surface area contributed by atoms with Gasteiger partial charge in [-0.3, -0.25) is 14.5 Å². The van der Waals surface area contributed by atoms with Gasteiger partial charge in [0.05, 0.1) is 30.6 Å². The summed E-state index contributed by atoms with van der Waals surface area (Å²) in [6, 6.07) is 9.48. The maximum Gasteiger partial charge on any atom is 0.238 e. The van der Waals surface area contributed by atoms with Gasteiger partial charge in [0, 0.05) is 10.9 Å². The first-order valence-electron chi connectivity index (χ1n) is 7.29. The predicted octanol–water partition coefficient (Wildman–Crippen LogP) is 1.70. The molecule has 1 aromatic carbocycles. The molecule has 2 N–H and O–H groups in total. The number of nitrogens with one attached hydrogen (secondary N) is 2. The summed E-state index contributed by atoms with van der Waals surface area (Å²) in [7, 11) is 1.72. The SMILES string of the molecule is CC(C)NC(=O)CN(C)CC(=O)Nc1ccccc1SCC#N. The molecule has 0 aliphatic rings. The van der Waals surface area contributed by atoms with E-state index >= 15 is 0 Å². The van der Waals surface area contributed by atoms with Crippen molar-refractivity contribution in [2.24, 2.45) is 0 Å². The lowest BCUT2D eigenvalue weighted by molar-refractivity contribution is -0.123. The fraction of sp³-hybridized carbons (Fsp3) is 0.438. The number of hydrogen-bond acceptors (Lipinski definition) is 5. The van der Waals surface area contributed by atoms with Crippen LogP contribution in [0.15, 0.2) is 29.2 Å². The Bertz CT molecular complexity index is 584. The number of carbonyl (C=O) groups excluding carboxylic acids is 2. The van der Waals surface area contributed by atoms with Crippen molar-refractivity contribution < 1.29 is 9.59 Å². The van der Waals surface area contributed by atoms with Crippen molar-refractivity contribution in [1.29, 1.82) is 5.26 Å². The van der Waals surface area contributed by atoms with Crippen molar-refractivity contribution in [3.05, 3.63) is 24.3 Å². The molecule has 0 aliphatic carbocycles. The van der Waals surface area contributed by atoms with Crippen LogP contribution in [0.25, 0.3) is 0 Å². The lowest BCUT2D eigenvalue weighted by Crippen LogP contribution is -2.41. The highest BCUT2D eigenvalue weighted by molar-refractivity contribution is 7.99. The molecule has 0 atom stereocenters. The summed E-state index contributed by atoms with van der Waals surface area (Å²) in [5.41, 5.74) is 0.679. The Morgan fingerprint density at radius 2 is 1.91 bits per heavy atom. The molecule has 1 aromatic rings. The number of hydrogen-bond donors (Lipinski definition) is 2. The third-order valence-corrected chi connectivity index (χ3v) is 3.67. The molecule has 1 rings (SSSR count). The van der Waals surface area contributed by atoms with Gasteiger partial charge >= 0.3 is 0 Å². The predicted molar refractivity (Wildman–Crippen MR) is 92.2 cm³/mol. The number of para-hydroxylation sites is 1. The fourth-order valence-corrected chi connectivity index (χ4v) is 2.58. The molecule has 2 amide bonds. The first kappa shape index (κ1) is 19.0. The van der Waals surface area contributed by atoms with Crippen molar-refractivity contribution in [3.8, 4) is 6.07 Å². The summed E-state index contributed by atoms with van der Waals surface area (Å²) < 4.78 is 0. The van der Waals surface area contributed by atoms with Gasteiger partial charge in [-0.25, -0.2) is 0 Å². The van der Waals surface area contributed by atoms with Crippen LogP contribution in [0.2, 0.25) is 0 Å². The molecule has 124 valence electrons. The monoisotopic (exact) mass is 334 g/mol. The molecule has 0 saturated carbocycles. The van der Waals surface area contributed by atoms with Crippen LogP contribution < -0.4 is 10.6 Å².